The summed E-state index contributed by atoms with van der Waals surface area (Å²) in [5.74, 6) is 0.721. The van der Waals surface area contributed by atoms with Crippen molar-refractivity contribution in [1.29, 1.82) is 0 Å². The van der Waals surface area contributed by atoms with Crippen LogP contribution in [0.5, 0.6) is 5.75 Å². The van der Waals surface area contributed by atoms with Gasteiger partial charge in [-0.2, -0.15) is 0 Å². The molecule has 0 aromatic heterocycles. The third-order valence-corrected chi connectivity index (χ3v) is 5.05. The summed E-state index contributed by atoms with van der Waals surface area (Å²) in [6.45, 7) is 7.55. The van der Waals surface area contributed by atoms with Gasteiger partial charge in [0.1, 0.15) is 5.75 Å². The van der Waals surface area contributed by atoms with Crippen LogP contribution < -0.4 is 4.74 Å². The minimum atomic E-state index is 0.0259. The molecule has 5 nitrogen and oxygen atoms in total. The molecule has 0 atom stereocenters. The number of methoxy groups -OCH3 is 1. The van der Waals surface area contributed by atoms with Crippen LogP contribution in [0.15, 0.2) is 60.2 Å². The molecule has 0 saturated carbocycles. The van der Waals surface area contributed by atoms with E-state index in [0.29, 0.717) is 24.4 Å². The smallest absolute Gasteiger partial charge is 0.254 e. The molecule has 0 aliphatic carbocycles. The number of morpholine rings is 1. The summed E-state index contributed by atoms with van der Waals surface area (Å²) in [4.78, 5) is 17.6. The van der Waals surface area contributed by atoms with Crippen LogP contribution in [-0.4, -0.2) is 68.8 Å². The average molecular weight is 395 g/mol. The Morgan fingerprint density at radius 1 is 1.14 bits per heavy atom. The highest BCUT2D eigenvalue weighted by atomic mass is 16.5. The minimum Gasteiger partial charge on any atom is -0.497 e. The fourth-order valence-corrected chi connectivity index (χ4v) is 3.46. The lowest BCUT2D eigenvalue weighted by molar-refractivity contribution is 0.0330. The Balaban J connectivity index is 1.74. The molecule has 29 heavy (non-hydrogen) atoms. The highest BCUT2D eigenvalue weighted by Gasteiger charge is 2.19. The van der Waals surface area contributed by atoms with E-state index in [9.17, 15) is 4.79 Å². The van der Waals surface area contributed by atoms with Crippen molar-refractivity contribution in [1.82, 2.24) is 9.80 Å². The number of nitrogens with zero attached hydrogens (tertiary/aromatic N) is 2. The largest absolute Gasteiger partial charge is 0.497 e. The van der Waals surface area contributed by atoms with E-state index in [4.69, 9.17) is 9.47 Å². The van der Waals surface area contributed by atoms with Crippen LogP contribution in [0, 0.1) is 0 Å². The number of rotatable bonds is 8. The first kappa shape index (κ1) is 21.1. The van der Waals surface area contributed by atoms with Crippen LogP contribution in [0.25, 0.3) is 6.08 Å². The molecule has 0 bridgehead atoms. The Bertz CT molecular complexity index is 814. The molecule has 2 aromatic carbocycles. The van der Waals surface area contributed by atoms with Gasteiger partial charge in [0.15, 0.2) is 0 Å². The van der Waals surface area contributed by atoms with Gasteiger partial charge in [0.05, 0.1) is 20.3 Å². The van der Waals surface area contributed by atoms with Gasteiger partial charge in [-0.05, 0) is 30.7 Å². The lowest BCUT2D eigenvalue weighted by Gasteiger charge is -2.30. The Kier molecular flexibility index (Phi) is 7.85. The maximum atomic E-state index is 13.3. The van der Waals surface area contributed by atoms with Crippen LogP contribution in [0.3, 0.4) is 0 Å². The number of carbonyl (C=O) groups excluding carboxylic acids is 1. The predicted molar refractivity (Wildman–Crippen MR) is 116 cm³/mol. The summed E-state index contributed by atoms with van der Waals surface area (Å²) in [6.07, 6.45) is 2.14. The van der Waals surface area contributed by atoms with E-state index in [0.717, 1.165) is 44.0 Å². The van der Waals surface area contributed by atoms with E-state index >= 15 is 0 Å². The molecule has 3 rings (SSSR count). The van der Waals surface area contributed by atoms with Crippen molar-refractivity contribution in [3.8, 4) is 5.75 Å². The van der Waals surface area contributed by atoms with Crippen LogP contribution in [0.4, 0.5) is 0 Å². The van der Waals surface area contributed by atoms with Gasteiger partial charge < -0.3 is 14.4 Å². The van der Waals surface area contributed by atoms with Crippen molar-refractivity contribution in [3.63, 3.8) is 0 Å². The molecule has 0 spiro atoms. The normalized spacial score (nSPS) is 15.2. The zero-order valence-electron chi connectivity index (χ0n) is 17.3. The average Bonchev–Trinajstić information content (AvgIpc) is 2.77. The number of carbonyl (C=O) groups is 1. The third-order valence-electron chi connectivity index (χ3n) is 5.05. The molecule has 0 N–H and O–H groups in total. The first-order chi connectivity index (χ1) is 14.2. The summed E-state index contributed by atoms with van der Waals surface area (Å²) in [5.41, 5.74) is 2.94. The van der Waals surface area contributed by atoms with Crippen molar-refractivity contribution < 1.29 is 14.3 Å². The van der Waals surface area contributed by atoms with Gasteiger partial charge in [0.25, 0.3) is 5.91 Å². The highest BCUT2D eigenvalue weighted by Crippen LogP contribution is 2.16. The molecule has 2 aromatic rings. The fourth-order valence-electron chi connectivity index (χ4n) is 3.46. The molecule has 1 aliphatic rings. The Hall–Kier alpha value is -2.63. The number of benzene rings is 2. The Morgan fingerprint density at radius 2 is 1.90 bits per heavy atom. The topological polar surface area (TPSA) is 42.0 Å². The monoisotopic (exact) mass is 394 g/mol. The number of hydrogen-bond acceptors (Lipinski definition) is 4. The molecule has 1 amide bonds. The van der Waals surface area contributed by atoms with Gasteiger partial charge in [0, 0.05) is 38.3 Å². The predicted octanol–water partition coefficient (Wildman–Crippen LogP) is 3.57. The second kappa shape index (κ2) is 10.8. The van der Waals surface area contributed by atoms with Gasteiger partial charge in [-0.15, -0.1) is 0 Å². The maximum Gasteiger partial charge on any atom is 0.254 e. The first-order valence-corrected chi connectivity index (χ1v) is 10.1. The number of amides is 1. The Labute approximate surface area is 173 Å². The second-order valence-corrected chi connectivity index (χ2v) is 7.31. The fraction of sp³-hybridized carbons (Fsp3) is 0.375. The van der Waals surface area contributed by atoms with Gasteiger partial charge >= 0.3 is 0 Å². The summed E-state index contributed by atoms with van der Waals surface area (Å²) in [5, 5.41) is 0. The van der Waals surface area contributed by atoms with Gasteiger partial charge in [0.2, 0.25) is 0 Å². The molecule has 0 unspecified atom stereocenters. The number of hydrogen-bond donors (Lipinski definition) is 0. The van der Waals surface area contributed by atoms with Gasteiger partial charge in [-0.25, -0.2) is 0 Å². The van der Waals surface area contributed by atoms with E-state index in [1.165, 1.54) is 0 Å². The SMILES string of the molecule is COc1cccc(C(=O)N(CCN2CCOCC2)C/C(C)=C/c2ccccc2)c1. The first-order valence-electron chi connectivity index (χ1n) is 10.1. The van der Waals surface area contributed by atoms with Crippen molar-refractivity contribution in [2.24, 2.45) is 0 Å². The number of ether oxygens (including phenoxy) is 2. The zero-order valence-corrected chi connectivity index (χ0v) is 17.3. The van der Waals surface area contributed by atoms with E-state index in [1.54, 1.807) is 13.2 Å². The zero-order chi connectivity index (χ0) is 20.5. The van der Waals surface area contributed by atoms with Crippen molar-refractivity contribution >= 4 is 12.0 Å². The van der Waals surface area contributed by atoms with Crippen LogP contribution >= 0.6 is 0 Å². The van der Waals surface area contributed by atoms with Crippen molar-refractivity contribution in [3.05, 3.63) is 71.3 Å². The molecule has 1 aliphatic heterocycles. The Morgan fingerprint density at radius 3 is 2.62 bits per heavy atom. The third kappa shape index (κ3) is 6.44. The van der Waals surface area contributed by atoms with Crippen LogP contribution in [0.2, 0.25) is 0 Å². The highest BCUT2D eigenvalue weighted by molar-refractivity contribution is 5.94. The lowest BCUT2D eigenvalue weighted by atomic mass is 10.1. The van der Waals surface area contributed by atoms with E-state index in [-0.39, 0.29) is 5.91 Å². The van der Waals surface area contributed by atoms with E-state index in [1.807, 2.05) is 41.3 Å². The summed E-state index contributed by atoms with van der Waals surface area (Å²) in [6, 6.07) is 17.6. The molecule has 1 heterocycles. The van der Waals surface area contributed by atoms with Gasteiger partial charge in [-0.1, -0.05) is 48.0 Å². The summed E-state index contributed by atoms with van der Waals surface area (Å²) < 4.78 is 10.7. The van der Waals surface area contributed by atoms with Crippen molar-refractivity contribution in [2.75, 3.05) is 53.0 Å². The molecule has 1 saturated heterocycles. The molecular weight excluding hydrogens is 364 g/mol. The molecule has 5 heteroatoms. The maximum absolute atomic E-state index is 13.3. The van der Waals surface area contributed by atoms with Gasteiger partial charge in [-0.3, -0.25) is 9.69 Å². The standard InChI is InChI=1S/C24H30N2O3/c1-20(17-21-7-4-3-5-8-21)19-26(12-11-25-13-15-29-16-14-25)24(27)22-9-6-10-23(18-22)28-2/h3-10,17-18H,11-16,19H2,1-2H3/b20-17+. The molecule has 0 radical (unpaired) electrons. The quantitative estimate of drug-likeness (QED) is 0.686. The van der Waals surface area contributed by atoms with E-state index in [2.05, 4.69) is 30.0 Å². The minimum absolute atomic E-state index is 0.0259. The second-order valence-electron chi connectivity index (χ2n) is 7.31. The molecular formula is C24H30N2O3. The molecule has 154 valence electrons. The van der Waals surface area contributed by atoms with Crippen molar-refractivity contribution in [2.45, 2.75) is 6.92 Å². The molecule has 1 fully saturated rings. The van der Waals surface area contributed by atoms with E-state index < -0.39 is 0 Å². The lowest BCUT2D eigenvalue weighted by Crippen LogP contribution is -2.43. The summed E-state index contributed by atoms with van der Waals surface area (Å²) >= 11 is 0. The van der Waals surface area contributed by atoms with Crippen LogP contribution in [-0.2, 0) is 4.74 Å². The van der Waals surface area contributed by atoms with Crippen LogP contribution in [0.1, 0.15) is 22.8 Å². The summed E-state index contributed by atoms with van der Waals surface area (Å²) in [7, 11) is 1.62.